The quantitative estimate of drug-likeness (QED) is 0.369. The van der Waals surface area contributed by atoms with Crippen molar-refractivity contribution >= 4 is 16.9 Å². The van der Waals surface area contributed by atoms with Crippen molar-refractivity contribution in [1.82, 2.24) is 20.1 Å². The molecule has 0 bridgehead atoms. The number of hydrogen-bond donors (Lipinski definition) is 1. The van der Waals surface area contributed by atoms with Crippen molar-refractivity contribution in [2.75, 3.05) is 19.8 Å². The maximum Gasteiger partial charge on any atom is 0.252 e. The number of nitrogens with zero attached hydrogens (tertiary/aromatic N) is 3. The van der Waals surface area contributed by atoms with Crippen LogP contribution in [0.2, 0.25) is 0 Å². The third kappa shape index (κ3) is 5.06. The SMILES string of the molecule is CC(C)n1ncc2c(C(=O)NCCCOCCc3ccccc3)cc(-c3ccco3)nc21. The zero-order valence-electron chi connectivity index (χ0n) is 18.5. The van der Waals surface area contributed by atoms with Crippen molar-refractivity contribution < 1.29 is 13.9 Å². The number of carbonyl (C=O) groups excluding carboxylic acids is 1. The largest absolute Gasteiger partial charge is 0.463 e. The van der Waals surface area contributed by atoms with Gasteiger partial charge in [-0.15, -0.1) is 0 Å². The topological polar surface area (TPSA) is 82.2 Å². The highest BCUT2D eigenvalue weighted by atomic mass is 16.5. The molecular formula is C25H28N4O3. The molecule has 0 saturated heterocycles. The van der Waals surface area contributed by atoms with E-state index in [1.54, 1.807) is 24.6 Å². The predicted molar refractivity (Wildman–Crippen MR) is 124 cm³/mol. The number of amides is 1. The lowest BCUT2D eigenvalue weighted by molar-refractivity contribution is 0.0943. The number of nitrogens with one attached hydrogen (secondary N) is 1. The second-order valence-corrected chi connectivity index (χ2v) is 7.91. The Balaban J connectivity index is 1.37. The van der Waals surface area contributed by atoms with Crippen LogP contribution in [-0.2, 0) is 11.2 Å². The first-order valence-corrected chi connectivity index (χ1v) is 11.0. The highest BCUT2D eigenvalue weighted by molar-refractivity contribution is 6.06. The molecule has 7 heteroatoms. The summed E-state index contributed by atoms with van der Waals surface area (Å²) >= 11 is 0. The number of aromatic nitrogens is 3. The minimum Gasteiger partial charge on any atom is -0.463 e. The zero-order valence-corrected chi connectivity index (χ0v) is 18.5. The highest BCUT2D eigenvalue weighted by Gasteiger charge is 2.19. The van der Waals surface area contributed by atoms with Gasteiger partial charge in [-0.05, 0) is 50.5 Å². The van der Waals surface area contributed by atoms with Gasteiger partial charge in [0.15, 0.2) is 11.4 Å². The Morgan fingerprint density at radius 1 is 1.16 bits per heavy atom. The van der Waals surface area contributed by atoms with Crippen LogP contribution in [0.4, 0.5) is 0 Å². The van der Waals surface area contributed by atoms with Crippen LogP contribution in [0.25, 0.3) is 22.5 Å². The van der Waals surface area contributed by atoms with E-state index in [9.17, 15) is 4.79 Å². The molecule has 166 valence electrons. The van der Waals surface area contributed by atoms with E-state index in [0.29, 0.717) is 42.4 Å². The highest BCUT2D eigenvalue weighted by Crippen LogP contribution is 2.26. The van der Waals surface area contributed by atoms with Gasteiger partial charge in [0.05, 0.1) is 30.0 Å². The molecule has 4 aromatic rings. The molecule has 0 fully saturated rings. The van der Waals surface area contributed by atoms with Gasteiger partial charge in [-0.25, -0.2) is 9.67 Å². The van der Waals surface area contributed by atoms with E-state index in [0.717, 1.165) is 18.2 Å². The van der Waals surface area contributed by atoms with Gasteiger partial charge in [0.2, 0.25) is 0 Å². The van der Waals surface area contributed by atoms with Crippen LogP contribution >= 0.6 is 0 Å². The number of carbonyl (C=O) groups is 1. The van der Waals surface area contributed by atoms with Crippen LogP contribution in [0.3, 0.4) is 0 Å². The molecule has 0 atom stereocenters. The van der Waals surface area contributed by atoms with E-state index >= 15 is 0 Å². The predicted octanol–water partition coefficient (Wildman–Crippen LogP) is 4.65. The Morgan fingerprint density at radius 3 is 2.75 bits per heavy atom. The van der Waals surface area contributed by atoms with Crippen LogP contribution in [0.1, 0.15) is 42.2 Å². The molecule has 3 heterocycles. The van der Waals surface area contributed by atoms with Gasteiger partial charge in [-0.3, -0.25) is 4.79 Å². The monoisotopic (exact) mass is 432 g/mol. The average Bonchev–Trinajstić information content (AvgIpc) is 3.48. The van der Waals surface area contributed by atoms with Crippen LogP contribution in [-0.4, -0.2) is 40.4 Å². The minimum absolute atomic E-state index is 0.121. The van der Waals surface area contributed by atoms with Crippen LogP contribution < -0.4 is 5.32 Å². The van der Waals surface area contributed by atoms with E-state index < -0.39 is 0 Å². The van der Waals surface area contributed by atoms with E-state index in [4.69, 9.17) is 14.1 Å². The molecule has 0 radical (unpaired) electrons. The zero-order chi connectivity index (χ0) is 22.3. The summed E-state index contributed by atoms with van der Waals surface area (Å²) < 4.78 is 13.0. The Bertz CT molecular complexity index is 1150. The van der Waals surface area contributed by atoms with Crippen molar-refractivity contribution in [3.05, 3.63) is 72.1 Å². The second-order valence-electron chi connectivity index (χ2n) is 7.91. The van der Waals surface area contributed by atoms with Crippen LogP contribution in [0.5, 0.6) is 0 Å². The molecule has 1 N–H and O–H groups in total. The first-order chi connectivity index (χ1) is 15.6. The lowest BCUT2D eigenvalue weighted by atomic mass is 10.1. The van der Waals surface area contributed by atoms with Gasteiger partial charge >= 0.3 is 0 Å². The first-order valence-electron chi connectivity index (χ1n) is 11.0. The molecule has 0 aliphatic heterocycles. The maximum absolute atomic E-state index is 13.0. The van der Waals surface area contributed by atoms with Gasteiger partial charge in [0.25, 0.3) is 5.91 Å². The van der Waals surface area contributed by atoms with Gasteiger partial charge in [0.1, 0.15) is 5.69 Å². The maximum atomic E-state index is 13.0. The van der Waals surface area contributed by atoms with Crippen molar-refractivity contribution in [2.45, 2.75) is 32.7 Å². The van der Waals surface area contributed by atoms with E-state index in [-0.39, 0.29) is 11.9 Å². The summed E-state index contributed by atoms with van der Waals surface area (Å²) in [6, 6.07) is 15.8. The standard InChI is InChI=1S/C25H28N4O3/c1-18(2)29-24-21(17-27-29)20(16-22(28-24)23-10-6-14-32-23)25(30)26-12-7-13-31-15-11-19-8-4-3-5-9-19/h3-6,8-10,14,16-18H,7,11-13,15H2,1-2H3,(H,26,30). The van der Waals surface area contributed by atoms with Gasteiger partial charge in [-0.2, -0.15) is 5.10 Å². The van der Waals surface area contributed by atoms with E-state index in [1.807, 2.05) is 42.8 Å². The molecule has 1 amide bonds. The molecule has 32 heavy (non-hydrogen) atoms. The van der Waals surface area contributed by atoms with E-state index in [2.05, 4.69) is 22.5 Å². The fourth-order valence-electron chi connectivity index (χ4n) is 3.54. The molecular weight excluding hydrogens is 404 g/mol. The Hall–Kier alpha value is -3.45. The molecule has 3 aromatic heterocycles. The Labute approximate surface area is 187 Å². The third-order valence-corrected chi connectivity index (χ3v) is 5.20. The summed E-state index contributed by atoms with van der Waals surface area (Å²) in [6.45, 7) is 5.87. The third-order valence-electron chi connectivity index (χ3n) is 5.20. The summed E-state index contributed by atoms with van der Waals surface area (Å²) in [6.07, 6.45) is 4.93. The molecule has 7 nitrogen and oxygen atoms in total. The second kappa shape index (κ2) is 10.2. The number of fused-ring (bicyclic) bond motifs is 1. The first kappa shape index (κ1) is 21.8. The minimum atomic E-state index is -0.155. The number of pyridine rings is 1. The number of rotatable bonds is 10. The Kier molecular flexibility index (Phi) is 6.97. The summed E-state index contributed by atoms with van der Waals surface area (Å²) in [7, 11) is 0. The van der Waals surface area contributed by atoms with Crippen molar-refractivity contribution in [3.8, 4) is 11.5 Å². The number of furan rings is 1. The van der Waals surface area contributed by atoms with Crippen molar-refractivity contribution in [3.63, 3.8) is 0 Å². The van der Waals surface area contributed by atoms with Crippen LogP contribution in [0, 0.1) is 0 Å². The van der Waals surface area contributed by atoms with Crippen molar-refractivity contribution in [2.24, 2.45) is 0 Å². The summed E-state index contributed by atoms with van der Waals surface area (Å²) in [5.41, 5.74) is 3.08. The van der Waals surface area contributed by atoms with Crippen molar-refractivity contribution in [1.29, 1.82) is 0 Å². The van der Waals surface area contributed by atoms with Gasteiger partial charge in [-0.1, -0.05) is 30.3 Å². The van der Waals surface area contributed by atoms with Crippen LogP contribution in [0.15, 0.2) is 65.4 Å². The van der Waals surface area contributed by atoms with Gasteiger partial charge < -0.3 is 14.5 Å². The smallest absolute Gasteiger partial charge is 0.252 e. The normalized spacial score (nSPS) is 11.3. The summed E-state index contributed by atoms with van der Waals surface area (Å²) in [5.74, 6) is 0.460. The van der Waals surface area contributed by atoms with Gasteiger partial charge in [0, 0.05) is 19.2 Å². The lowest BCUT2D eigenvalue weighted by Gasteiger charge is -2.10. The lowest BCUT2D eigenvalue weighted by Crippen LogP contribution is -2.25. The molecule has 4 rings (SSSR count). The molecule has 0 aliphatic carbocycles. The molecule has 0 aliphatic rings. The summed E-state index contributed by atoms with van der Waals surface area (Å²) in [4.78, 5) is 17.7. The number of benzene rings is 1. The molecule has 0 unspecified atom stereocenters. The molecule has 1 aromatic carbocycles. The number of hydrogen-bond acceptors (Lipinski definition) is 5. The fraction of sp³-hybridized carbons (Fsp3) is 0.320. The average molecular weight is 433 g/mol. The fourth-order valence-corrected chi connectivity index (χ4v) is 3.54. The molecule has 0 spiro atoms. The van der Waals surface area contributed by atoms with E-state index in [1.165, 1.54) is 5.56 Å². The summed E-state index contributed by atoms with van der Waals surface area (Å²) in [5, 5.41) is 8.16. The number of ether oxygens (including phenoxy) is 1. The molecule has 0 saturated carbocycles. The Morgan fingerprint density at radius 2 is 2.00 bits per heavy atom.